The Balaban J connectivity index is 1.76. The summed E-state index contributed by atoms with van der Waals surface area (Å²) in [5.41, 5.74) is 2.13. The number of ether oxygens (including phenoxy) is 2. The van der Waals surface area contributed by atoms with E-state index in [0.717, 1.165) is 11.1 Å². The molecule has 33 heavy (non-hydrogen) atoms. The minimum absolute atomic E-state index is 0.0118. The first-order valence-electron chi connectivity index (χ1n) is 9.94. The molecule has 3 rings (SSSR count). The van der Waals surface area contributed by atoms with Crippen molar-refractivity contribution in [2.24, 2.45) is 0 Å². The molecule has 0 aromatic heterocycles. The van der Waals surface area contributed by atoms with Gasteiger partial charge in [0.15, 0.2) is 18.1 Å². The maximum atomic E-state index is 12.7. The molecule has 1 saturated heterocycles. The lowest BCUT2D eigenvalue weighted by molar-refractivity contribution is -0.123. The van der Waals surface area contributed by atoms with Gasteiger partial charge in [-0.15, -0.1) is 0 Å². The number of halogens is 2. The molecule has 1 aliphatic rings. The Morgan fingerprint density at radius 1 is 1.36 bits per heavy atom. The maximum absolute atomic E-state index is 12.7. The lowest BCUT2D eigenvalue weighted by Gasteiger charge is -2.18. The van der Waals surface area contributed by atoms with E-state index in [-0.39, 0.29) is 24.5 Å². The lowest BCUT2D eigenvalue weighted by Crippen LogP contribution is -2.34. The highest BCUT2D eigenvalue weighted by atomic mass is 79.9. The van der Waals surface area contributed by atoms with Crippen molar-refractivity contribution >= 4 is 79.4 Å². The molecule has 0 aliphatic carbocycles. The van der Waals surface area contributed by atoms with Gasteiger partial charge < -0.3 is 14.8 Å². The number of anilines is 1. The molecule has 0 radical (unpaired) electrons. The van der Waals surface area contributed by atoms with Gasteiger partial charge >= 0.3 is 0 Å². The average molecular weight is 570 g/mol. The van der Waals surface area contributed by atoms with Crippen LogP contribution in [0.15, 0.2) is 39.7 Å². The fourth-order valence-electron chi connectivity index (χ4n) is 3.11. The molecule has 2 aromatic rings. The first kappa shape index (κ1) is 25.6. The monoisotopic (exact) mass is 568 g/mol. The number of thioether (sulfide) groups is 1. The smallest absolute Gasteiger partial charge is 0.266 e. The zero-order chi connectivity index (χ0) is 24.3. The van der Waals surface area contributed by atoms with Gasteiger partial charge in [-0.3, -0.25) is 14.5 Å². The zero-order valence-corrected chi connectivity index (χ0v) is 22.4. The van der Waals surface area contributed by atoms with Crippen molar-refractivity contribution in [2.45, 2.75) is 26.8 Å². The molecule has 0 unspecified atom stereocenters. The Hall–Kier alpha value is -2.07. The molecule has 2 aromatic carbocycles. The van der Waals surface area contributed by atoms with E-state index in [9.17, 15) is 9.59 Å². The molecule has 2 amide bonds. The molecular weight excluding hydrogens is 548 g/mol. The molecule has 1 fully saturated rings. The minimum atomic E-state index is -0.337. The third-order valence-corrected chi connectivity index (χ3v) is 7.11. The van der Waals surface area contributed by atoms with Crippen LogP contribution in [0.25, 0.3) is 6.08 Å². The van der Waals surface area contributed by atoms with Crippen molar-refractivity contribution in [2.75, 3.05) is 19.0 Å². The number of methoxy groups -OCH3 is 1. The fraction of sp³-hybridized carbons (Fsp3) is 0.261. The van der Waals surface area contributed by atoms with Crippen LogP contribution in [-0.4, -0.2) is 40.8 Å². The van der Waals surface area contributed by atoms with Crippen molar-refractivity contribution in [3.8, 4) is 11.5 Å². The fourth-order valence-corrected chi connectivity index (χ4v) is 5.38. The Morgan fingerprint density at radius 3 is 2.73 bits per heavy atom. The first-order valence-corrected chi connectivity index (χ1v) is 12.3. The van der Waals surface area contributed by atoms with Crippen LogP contribution in [-0.2, 0) is 9.59 Å². The zero-order valence-electron chi connectivity index (χ0n) is 18.4. The quantitative estimate of drug-likeness (QED) is 0.324. The van der Waals surface area contributed by atoms with Crippen molar-refractivity contribution in [3.05, 3.63) is 55.9 Å². The van der Waals surface area contributed by atoms with Gasteiger partial charge in [0.05, 0.1) is 16.5 Å². The molecule has 1 aliphatic heterocycles. The van der Waals surface area contributed by atoms with Gasteiger partial charge in [0.25, 0.3) is 11.8 Å². The van der Waals surface area contributed by atoms with Crippen LogP contribution < -0.4 is 14.8 Å². The summed E-state index contributed by atoms with van der Waals surface area (Å²) in [4.78, 5) is 27.2. The van der Waals surface area contributed by atoms with E-state index in [1.807, 2.05) is 20.8 Å². The highest BCUT2D eigenvalue weighted by Gasteiger charge is 2.33. The van der Waals surface area contributed by atoms with Gasteiger partial charge in [-0.2, -0.15) is 0 Å². The number of rotatable bonds is 7. The summed E-state index contributed by atoms with van der Waals surface area (Å²) in [6.07, 6.45) is 1.76. The second-order valence-electron chi connectivity index (χ2n) is 7.43. The number of nitrogens with one attached hydrogen (secondary N) is 1. The van der Waals surface area contributed by atoms with E-state index in [1.54, 1.807) is 41.3 Å². The highest BCUT2D eigenvalue weighted by Crippen LogP contribution is 2.39. The maximum Gasteiger partial charge on any atom is 0.266 e. The summed E-state index contributed by atoms with van der Waals surface area (Å²) >= 11 is 16.2. The molecule has 10 heteroatoms. The summed E-state index contributed by atoms with van der Waals surface area (Å²) in [6.45, 7) is 5.44. The van der Waals surface area contributed by atoms with Gasteiger partial charge in [0, 0.05) is 16.8 Å². The Morgan fingerprint density at radius 2 is 2.09 bits per heavy atom. The van der Waals surface area contributed by atoms with Crippen LogP contribution >= 0.6 is 51.5 Å². The van der Waals surface area contributed by atoms with Crippen molar-refractivity contribution in [3.63, 3.8) is 0 Å². The van der Waals surface area contributed by atoms with Gasteiger partial charge in [0.1, 0.15) is 4.32 Å². The van der Waals surface area contributed by atoms with E-state index in [0.29, 0.717) is 35.9 Å². The SMILES string of the molecule is COc1cc(/C=C2\SC(=S)N(C(C)C)C2=O)cc(Br)c1OCC(=O)Nc1cccc(Cl)c1C. The molecule has 174 valence electrons. The number of hydrogen-bond acceptors (Lipinski definition) is 6. The predicted molar refractivity (Wildman–Crippen MR) is 141 cm³/mol. The van der Waals surface area contributed by atoms with Gasteiger partial charge in [-0.25, -0.2) is 0 Å². The molecule has 1 heterocycles. The van der Waals surface area contributed by atoms with E-state index < -0.39 is 0 Å². The lowest BCUT2D eigenvalue weighted by atomic mass is 10.1. The summed E-state index contributed by atoms with van der Waals surface area (Å²) < 4.78 is 12.3. The van der Waals surface area contributed by atoms with Gasteiger partial charge in [-0.05, 0) is 78.2 Å². The first-order chi connectivity index (χ1) is 15.6. The number of carbonyl (C=O) groups excluding carboxylic acids is 2. The van der Waals surface area contributed by atoms with Crippen molar-refractivity contribution < 1.29 is 19.1 Å². The third-order valence-electron chi connectivity index (χ3n) is 4.78. The van der Waals surface area contributed by atoms with E-state index >= 15 is 0 Å². The van der Waals surface area contributed by atoms with Crippen molar-refractivity contribution in [1.82, 2.24) is 4.90 Å². The number of carbonyl (C=O) groups is 2. The molecule has 6 nitrogen and oxygen atoms in total. The largest absolute Gasteiger partial charge is 0.493 e. The number of hydrogen-bond donors (Lipinski definition) is 1. The molecule has 0 spiro atoms. The summed E-state index contributed by atoms with van der Waals surface area (Å²) in [5, 5.41) is 3.36. The Kier molecular flexibility index (Phi) is 8.44. The van der Waals surface area contributed by atoms with Crippen LogP contribution in [0.5, 0.6) is 11.5 Å². The Labute approximate surface area is 215 Å². The normalized spacial score (nSPS) is 14.9. The second-order valence-corrected chi connectivity index (χ2v) is 10.4. The molecule has 1 N–H and O–H groups in total. The number of benzene rings is 2. The molecule has 0 bridgehead atoms. The topological polar surface area (TPSA) is 67.9 Å². The summed E-state index contributed by atoms with van der Waals surface area (Å²) in [7, 11) is 1.51. The molecular formula is C23H22BrClN2O4S2. The highest BCUT2D eigenvalue weighted by molar-refractivity contribution is 9.10. The summed E-state index contributed by atoms with van der Waals surface area (Å²) in [6, 6.07) is 8.81. The minimum Gasteiger partial charge on any atom is -0.493 e. The molecule has 0 atom stereocenters. The van der Waals surface area contributed by atoms with Crippen molar-refractivity contribution in [1.29, 1.82) is 0 Å². The number of thiocarbonyl (C=S) groups is 1. The second kappa shape index (κ2) is 10.9. The van der Waals surface area contributed by atoms with Crippen LogP contribution in [0.4, 0.5) is 5.69 Å². The Bertz CT molecular complexity index is 1150. The van der Waals surface area contributed by atoms with Crippen LogP contribution in [0, 0.1) is 6.92 Å². The standard InChI is InChI=1S/C23H22BrClN2O4S2/c1-12(2)27-22(29)19(33-23(27)32)10-14-8-15(24)21(18(9-14)30-4)31-11-20(28)26-17-7-5-6-16(25)13(17)3/h5-10,12H,11H2,1-4H3,(H,26,28)/b19-10-. The van der Waals surface area contributed by atoms with E-state index in [2.05, 4.69) is 21.2 Å². The van der Waals surface area contributed by atoms with E-state index in [1.165, 1.54) is 18.9 Å². The summed E-state index contributed by atoms with van der Waals surface area (Å²) in [5.74, 6) is 0.336. The number of nitrogens with zero attached hydrogens (tertiary/aromatic N) is 1. The third kappa shape index (κ3) is 5.90. The number of amides is 2. The van der Waals surface area contributed by atoms with E-state index in [4.69, 9.17) is 33.3 Å². The van der Waals surface area contributed by atoms with Gasteiger partial charge in [-0.1, -0.05) is 41.6 Å². The predicted octanol–water partition coefficient (Wildman–Crippen LogP) is 6.05. The van der Waals surface area contributed by atoms with Gasteiger partial charge in [0.2, 0.25) is 0 Å². The van der Waals surface area contributed by atoms with Crippen LogP contribution in [0.1, 0.15) is 25.0 Å². The van der Waals surface area contributed by atoms with Crippen LogP contribution in [0.3, 0.4) is 0 Å². The average Bonchev–Trinajstić information content (AvgIpc) is 3.03. The van der Waals surface area contributed by atoms with Crippen LogP contribution in [0.2, 0.25) is 5.02 Å². The molecule has 0 saturated carbocycles.